The van der Waals surface area contributed by atoms with Crippen LogP contribution < -0.4 is 10.5 Å². The van der Waals surface area contributed by atoms with E-state index in [1.807, 2.05) is 19.0 Å². The van der Waals surface area contributed by atoms with E-state index in [0.29, 0.717) is 12.5 Å². The first-order chi connectivity index (χ1) is 7.09. The lowest BCUT2D eigenvalue weighted by molar-refractivity contribution is 0.0994. The minimum atomic E-state index is -0.548. The zero-order chi connectivity index (χ0) is 11.3. The van der Waals surface area contributed by atoms with Crippen LogP contribution in [0.2, 0.25) is 0 Å². The van der Waals surface area contributed by atoms with Crippen LogP contribution in [0.25, 0.3) is 0 Å². The summed E-state index contributed by atoms with van der Waals surface area (Å²) in [6.45, 7) is 1.32. The van der Waals surface area contributed by atoms with Crippen molar-refractivity contribution in [1.82, 2.24) is 9.88 Å². The molecule has 0 aliphatic rings. The summed E-state index contributed by atoms with van der Waals surface area (Å²) in [6, 6.07) is 4.95. The number of ether oxygens (including phenoxy) is 1. The van der Waals surface area contributed by atoms with Crippen molar-refractivity contribution in [3.05, 3.63) is 23.9 Å². The third-order valence-electron chi connectivity index (χ3n) is 1.76. The normalized spacial score (nSPS) is 10.3. The lowest BCUT2D eigenvalue weighted by atomic mass is 10.3. The van der Waals surface area contributed by atoms with E-state index in [1.165, 1.54) is 0 Å². The van der Waals surface area contributed by atoms with E-state index in [4.69, 9.17) is 10.5 Å². The summed E-state index contributed by atoms with van der Waals surface area (Å²) in [5.41, 5.74) is 5.31. The molecule has 0 spiro atoms. The molecule has 0 aliphatic heterocycles. The molecule has 15 heavy (non-hydrogen) atoms. The molecule has 0 saturated carbocycles. The molecule has 1 aromatic heterocycles. The lowest BCUT2D eigenvalue weighted by Gasteiger charge is -2.10. The van der Waals surface area contributed by atoms with E-state index in [9.17, 15) is 4.79 Å². The Morgan fingerprint density at radius 2 is 2.27 bits per heavy atom. The van der Waals surface area contributed by atoms with E-state index in [-0.39, 0.29) is 5.69 Å². The summed E-state index contributed by atoms with van der Waals surface area (Å²) in [6.07, 6.45) is 0. The number of aromatic nitrogens is 1. The molecule has 1 rings (SSSR count). The Hall–Kier alpha value is -1.62. The Balaban J connectivity index is 2.54. The highest BCUT2D eigenvalue weighted by atomic mass is 16.5. The van der Waals surface area contributed by atoms with Crippen LogP contribution in [0, 0.1) is 0 Å². The van der Waals surface area contributed by atoms with Crippen molar-refractivity contribution in [2.75, 3.05) is 27.2 Å². The van der Waals surface area contributed by atoms with Gasteiger partial charge in [0.1, 0.15) is 12.3 Å². The standard InChI is InChI=1S/C10H15N3O2/c1-13(2)6-7-15-9-5-3-4-8(12-9)10(11)14/h3-5H,6-7H2,1-2H3,(H2,11,14). The van der Waals surface area contributed by atoms with E-state index in [2.05, 4.69) is 4.98 Å². The van der Waals surface area contributed by atoms with Crippen molar-refractivity contribution < 1.29 is 9.53 Å². The molecule has 0 aromatic carbocycles. The van der Waals surface area contributed by atoms with Gasteiger partial charge in [-0.3, -0.25) is 4.79 Å². The van der Waals surface area contributed by atoms with Gasteiger partial charge in [0.2, 0.25) is 5.88 Å². The molecule has 2 N–H and O–H groups in total. The predicted octanol–water partition coefficient (Wildman–Crippen LogP) is 0.121. The molecule has 0 fully saturated rings. The maximum absolute atomic E-state index is 10.8. The highest BCUT2D eigenvalue weighted by Gasteiger charge is 2.03. The summed E-state index contributed by atoms with van der Waals surface area (Å²) in [5.74, 6) is -0.124. The number of likely N-dealkylation sites (N-methyl/N-ethyl adjacent to an activating group) is 1. The molecule has 0 atom stereocenters. The lowest BCUT2D eigenvalue weighted by Crippen LogP contribution is -2.20. The number of amides is 1. The Kier molecular flexibility index (Phi) is 4.05. The van der Waals surface area contributed by atoms with Gasteiger partial charge >= 0.3 is 0 Å². The Morgan fingerprint density at radius 1 is 1.53 bits per heavy atom. The number of nitrogens with zero attached hydrogens (tertiary/aromatic N) is 2. The van der Waals surface area contributed by atoms with Crippen molar-refractivity contribution >= 4 is 5.91 Å². The number of hydrogen-bond acceptors (Lipinski definition) is 4. The molecule has 0 aliphatic carbocycles. The monoisotopic (exact) mass is 209 g/mol. The van der Waals surface area contributed by atoms with Gasteiger partial charge in [0.05, 0.1) is 0 Å². The van der Waals surface area contributed by atoms with E-state index in [1.54, 1.807) is 18.2 Å². The van der Waals surface area contributed by atoms with Gasteiger partial charge in [0.25, 0.3) is 5.91 Å². The first kappa shape index (κ1) is 11.5. The number of primary amides is 1. The first-order valence-corrected chi connectivity index (χ1v) is 4.64. The van der Waals surface area contributed by atoms with Gasteiger partial charge in [-0.2, -0.15) is 0 Å². The number of carbonyl (C=O) groups is 1. The van der Waals surface area contributed by atoms with Gasteiger partial charge in [-0.05, 0) is 20.2 Å². The second-order valence-electron chi connectivity index (χ2n) is 3.38. The summed E-state index contributed by atoms with van der Waals surface area (Å²) in [7, 11) is 3.91. The molecular formula is C10H15N3O2. The largest absolute Gasteiger partial charge is 0.476 e. The van der Waals surface area contributed by atoms with Crippen LogP contribution in [0.3, 0.4) is 0 Å². The van der Waals surface area contributed by atoms with Gasteiger partial charge in [-0.1, -0.05) is 6.07 Å². The van der Waals surface area contributed by atoms with Crippen LogP contribution in [0.5, 0.6) is 5.88 Å². The second-order valence-corrected chi connectivity index (χ2v) is 3.38. The SMILES string of the molecule is CN(C)CCOc1cccc(C(N)=O)n1. The predicted molar refractivity (Wildman–Crippen MR) is 56.8 cm³/mol. The van der Waals surface area contributed by atoms with Crippen LogP contribution in [0.15, 0.2) is 18.2 Å². The smallest absolute Gasteiger partial charge is 0.267 e. The molecule has 1 amide bonds. The molecule has 0 unspecified atom stereocenters. The maximum atomic E-state index is 10.8. The quantitative estimate of drug-likeness (QED) is 0.748. The second kappa shape index (κ2) is 5.31. The topological polar surface area (TPSA) is 68.5 Å². The first-order valence-electron chi connectivity index (χ1n) is 4.64. The zero-order valence-corrected chi connectivity index (χ0v) is 8.93. The van der Waals surface area contributed by atoms with Crippen LogP contribution in [0.1, 0.15) is 10.5 Å². The van der Waals surface area contributed by atoms with E-state index in [0.717, 1.165) is 6.54 Å². The molecule has 5 heteroatoms. The average molecular weight is 209 g/mol. The van der Waals surface area contributed by atoms with Gasteiger partial charge < -0.3 is 15.4 Å². The van der Waals surface area contributed by atoms with Crippen molar-refractivity contribution in [3.8, 4) is 5.88 Å². The fourth-order valence-corrected chi connectivity index (χ4v) is 0.965. The number of nitrogens with two attached hydrogens (primary N) is 1. The van der Waals surface area contributed by atoms with Gasteiger partial charge in [0, 0.05) is 12.6 Å². The molecule has 1 heterocycles. The van der Waals surface area contributed by atoms with E-state index >= 15 is 0 Å². The third kappa shape index (κ3) is 3.95. The average Bonchev–Trinajstić information content (AvgIpc) is 2.17. The number of carbonyl (C=O) groups excluding carboxylic acids is 1. The van der Waals surface area contributed by atoms with Gasteiger partial charge in [-0.25, -0.2) is 4.98 Å². The summed E-state index contributed by atoms with van der Waals surface area (Å²) >= 11 is 0. The molecule has 0 bridgehead atoms. The third-order valence-corrected chi connectivity index (χ3v) is 1.76. The van der Waals surface area contributed by atoms with E-state index < -0.39 is 5.91 Å². The van der Waals surface area contributed by atoms with Crippen LogP contribution in [0.4, 0.5) is 0 Å². The number of hydrogen-bond donors (Lipinski definition) is 1. The van der Waals surface area contributed by atoms with Gasteiger partial charge in [0.15, 0.2) is 0 Å². The van der Waals surface area contributed by atoms with Crippen molar-refractivity contribution in [2.45, 2.75) is 0 Å². The fourth-order valence-electron chi connectivity index (χ4n) is 0.965. The summed E-state index contributed by atoms with van der Waals surface area (Å²) in [5, 5.41) is 0. The van der Waals surface area contributed by atoms with Crippen LogP contribution in [-0.2, 0) is 0 Å². The molecule has 82 valence electrons. The van der Waals surface area contributed by atoms with Crippen molar-refractivity contribution in [2.24, 2.45) is 5.73 Å². The molecule has 0 radical (unpaired) electrons. The minimum absolute atomic E-state index is 0.220. The Bertz CT molecular complexity index is 339. The van der Waals surface area contributed by atoms with Crippen LogP contribution in [-0.4, -0.2) is 43.0 Å². The Morgan fingerprint density at radius 3 is 2.87 bits per heavy atom. The molecule has 5 nitrogen and oxygen atoms in total. The number of pyridine rings is 1. The maximum Gasteiger partial charge on any atom is 0.267 e. The number of rotatable bonds is 5. The summed E-state index contributed by atoms with van der Waals surface area (Å²) < 4.78 is 5.35. The van der Waals surface area contributed by atoms with Crippen molar-refractivity contribution in [1.29, 1.82) is 0 Å². The minimum Gasteiger partial charge on any atom is -0.476 e. The highest BCUT2D eigenvalue weighted by Crippen LogP contribution is 2.06. The molecular weight excluding hydrogens is 194 g/mol. The zero-order valence-electron chi connectivity index (χ0n) is 8.93. The highest BCUT2D eigenvalue weighted by molar-refractivity contribution is 5.90. The Labute approximate surface area is 88.9 Å². The van der Waals surface area contributed by atoms with Crippen molar-refractivity contribution in [3.63, 3.8) is 0 Å². The van der Waals surface area contributed by atoms with Gasteiger partial charge in [-0.15, -0.1) is 0 Å². The van der Waals surface area contributed by atoms with Crippen LogP contribution >= 0.6 is 0 Å². The summed E-state index contributed by atoms with van der Waals surface area (Å²) in [4.78, 5) is 16.8. The molecule has 1 aromatic rings. The fraction of sp³-hybridized carbons (Fsp3) is 0.400. The molecule has 0 saturated heterocycles.